The van der Waals surface area contributed by atoms with Gasteiger partial charge >= 0.3 is 6.18 Å². The molecule has 2 aromatic carbocycles. The first-order valence-corrected chi connectivity index (χ1v) is 6.98. The smallest absolute Gasteiger partial charge is 0.416 e. The molecule has 0 saturated carbocycles. The molecule has 0 aliphatic rings. The molecular weight excluding hydrogens is 307 g/mol. The average molecular weight is 323 g/mol. The Morgan fingerprint density at radius 3 is 2.57 bits per heavy atom. The van der Waals surface area contributed by atoms with Crippen molar-refractivity contribution in [2.24, 2.45) is 0 Å². The molecule has 1 amide bonds. The van der Waals surface area contributed by atoms with Crippen molar-refractivity contribution in [2.75, 3.05) is 13.7 Å². The first-order chi connectivity index (χ1) is 10.9. The fourth-order valence-electron chi connectivity index (χ4n) is 2.09. The molecule has 0 fully saturated rings. The third-order valence-electron chi connectivity index (χ3n) is 3.29. The van der Waals surface area contributed by atoms with E-state index in [0.29, 0.717) is 18.7 Å². The van der Waals surface area contributed by atoms with Crippen LogP contribution >= 0.6 is 0 Å². The van der Waals surface area contributed by atoms with Gasteiger partial charge in [0.05, 0.1) is 12.7 Å². The summed E-state index contributed by atoms with van der Waals surface area (Å²) >= 11 is 0. The zero-order chi connectivity index (χ0) is 16.9. The summed E-state index contributed by atoms with van der Waals surface area (Å²) in [6.07, 6.45) is -3.90. The summed E-state index contributed by atoms with van der Waals surface area (Å²) in [5, 5.41) is 2.62. The average Bonchev–Trinajstić information content (AvgIpc) is 2.54. The lowest BCUT2D eigenvalue weighted by Gasteiger charge is -2.09. The van der Waals surface area contributed by atoms with Gasteiger partial charge in [-0.2, -0.15) is 13.2 Å². The van der Waals surface area contributed by atoms with Crippen LogP contribution in [0, 0.1) is 0 Å². The van der Waals surface area contributed by atoms with Crippen molar-refractivity contribution in [1.29, 1.82) is 0 Å². The summed E-state index contributed by atoms with van der Waals surface area (Å²) < 4.78 is 43.0. The number of halogens is 3. The van der Waals surface area contributed by atoms with Crippen LogP contribution in [0.1, 0.15) is 21.5 Å². The van der Waals surface area contributed by atoms with Gasteiger partial charge in [-0.05, 0) is 42.3 Å². The van der Waals surface area contributed by atoms with Gasteiger partial charge in [0.1, 0.15) is 5.75 Å². The molecule has 0 saturated heterocycles. The number of nitrogens with one attached hydrogen (secondary N) is 1. The second-order valence-electron chi connectivity index (χ2n) is 4.94. The minimum atomic E-state index is -4.46. The van der Waals surface area contributed by atoms with Crippen molar-refractivity contribution >= 4 is 5.91 Å². The number of ether oxygens (including phenoxy) is 1. The van der Waals surface area contributed by atoms with Crippen LogP contribution in [-0.2, 0) is 12.6 Å². The number of benzene rings is 2. The van der Waals surface area contributed by atoms with Gasteiger partial charge in [-0.25, -0.2) is 0 Å². The number of methoxy groups -OCH3 is 1. The first-order valence-electron chi connectivity index (χ1n) is 6.98. The Hall–Kier alpha value is -2.50. The Morgan fingerprint density at radius 1 is 1.13 bits per heavy atom. The van der Waals surface area contributed by atoms with E-state index in [9.17, 15) is 18.0 Å². The predicted molar refractivity (Wildman–Crippen MR) is 80.5 cm³/mol. The molecule has 0 unspecified atom stereocenters. The van der Waals surface area contributed by atoms with Gasteiger partial charge in [0, 0.05) is 12.1 Å². The molecule has 2 rings (SSSR count). The highest BCUT2D eigenvalue weighted by molar-refractivity contribution is 5.94. The van der Waals surface area contributed by atoms with Crippen LogP contribution in [0.5, 0.6) is 5.75 Å². The van der Waals surface area contributed by atoms with Crippen molar-refractivity contribution in [1.82, 2.24) is 5.32 Å². The van der Waals surface area contributed by atoms with Gasteiger partial charge in [0.2, 0.25) is 0 Å². The van der Waals surface area contributed by atoms with E-state index in [1.54, 1.807) is 7.11 Å². The van der Waals surface area contributed by atoms with Crippen LogP contribution < -0.4 is 10.1 Å². The lowest BCUT2D eigenvalue weighted by molar-refractivity contribution is -0.137. The number of carbonyl (C=O) groups excluding carboxylic acids is 1. The molecule has 1 N–H and O–H groups in total. The van der Waals surface area contributed by atoms with E-state index in [4.69, 9.17) is 4.74 Å². The minimum Gasteiger partial charge on any atom is -0.497 e. The van der Waals surface area contributed by atoms with Gasteiger partial charge < -0.3 is 10.1 Å². The molecule has 2 aromatic rings. The summed E-state index contributed by atoms with van der Waals surface area (Å²) in [5.74, 6) is 0.186. The summed E-state index contributed by atoms with van der Waals surface area (Å²) in [6.45, 7) is 0.322. The van der Waals surface area contributed by atoms with Crippen LogP contribution in [0.3, 0.4) is 0 Å². The Balaban J connectivity index is 1.94. The number of rotatable bonds is 5. The maximum atomic E-state index is 12.6. The molecule has 0 aliphatic heterocycles. The predicted octanol–water partition coefficient (Wildman–Crippen LogP) is 3.69. The zero-order valence-corrected chi connectivity index (χ0v) is 12.5. The number of carbonyl (C=O) groups is 1. The number of hydrogen-bond acceptors (Lipinski definition) is 2. The van der Waals surface area contributed by atoms with E-state index in [1.165, 1.54) is 12.1 Å². The van der Waals surface area contributed by atoms with Crippen LogP contribution in [0.2, 0.25) is 0 Å². The number of amides is 1. The number of alkyl halides is 3. The lowest BCUT2D eigenvalue weighted by Crippen LogP contribution is -2.26. The van der Waals surface area contributed by atoms with Crippen LogP contribution in [0.4, 0.5) is 13.2 Å². The van der Waals surface area contributed by atoms with Gasteiger partial charge in [-0.3, -0.25) is 4.79 Å². The fraction of sp³-hybridized carbons (Fsp3) is 0.235. The third kappa shape index (κ3) is 4.74. The molecule has 122 valence electrons. The SMILES string of the molecule is COc1cccc(CCNC(=O)c2cccc(C(F)(F)F)c2)c1. The van der Waals surface area contributed by atoms with Crippen LogP contribution in [0.15, 0.2) is 48.5 Å². The molecule has 0 aliphatic carbocycles. The van der Waals surface area contributed by atoms with Crippen molar-refractivity contribution < 1.29 is 22.7 Å². The van der Waals surface area contributed by atoms with Gasteiger partial charge in [-0.15, -0.1) is 0 Å². The molecule has 23 heavy (non-hydrogen) atoms. The topological polar surface area (TPSA) is 38.3 Å². The Labute approximate surface area is 132 Å². The minimum absolute atomic E-state index is 0.00883. The molecule has 0 radical (unpaired) electrons. The van der Waals surface area contributed by atoms with E-state index < -0.39 is 17.6 Å². The van der Waals surface area contributed by atoms with Gasteiger partial charge in [0.15, 0.2) is 0 Å². The van der Waals surface area contributed by atoms with Gasteiger partial charge in [0.25, 0.3) is 5.91 Å². The second-order valence-corrected chi connectivity index (χ2v) is 4.94. The highest BCUT2D eigenvalue weighted by atomic mass is 19.4. The Kier molecular flexibility index (Phi) is 5.26. The molecule has 0 spiro atoms. The quantitative estimate of drug-likeness (QED) is 0.911. The second kappa shape index (κ2) is 7.17. The van der Waals surface area contributed by atoms with Crippen molar-refractivity contribution in [2.45, 2.75) is 12.6 Å². The highest BCUT2D eigenvalue weighted by Gasteiger charge is 2.30. The summed E-state index contributed by atoms with van der Waals surface area (Å²) in [5.41, 5.74) is 0.122. The fourth-order valence-corrected chi connectivity index (χ4v) is 2.09. The molecular formula is C17H16F3NO2. The summed E-state index contributed by atoms with van der Waals surface area (Å²) in [7, 11) is 1.56. The van der Waals surface area contributed by atoms with Crippen molar-refractivity contribution in [3.05, 3.63) is 65.2 Å². The summed E-state index contributed by atoms with van der Waals surface area (Å²) in [4.78, 5) is 11.9. The Bertz CT molecular complexity index is 684. The van der Waals surface area contributed by atoms with E-state index in [-0.39, 0.29) is 5.56 Å². The molecule has 0 heterocycles. The number of hydrogen-bond donors (Lipinski definition) is 1. The molecule has 0 aromatic heterocycles. The van der Waals surface area contributed by atoms with E-state index in [1.807, 2.05) is 24.3 Å². The van der Waals surface area contributed by atoms with Crippen LogP contribution in [-0.4, -0.2) is 19.6 Å². The maximum absolute atomic E-state index is 12.6. The van der Waals surface area contributed by atoms with Crippen LogP contribution in [0.25, 0.3) is 0 Å². The molecule has 0 atom stereocenters. The zero-order valence-electron chi connectivity index (χ0n) is 12.5. The highest BCUT2D eigenvalue weighted by Crippen LogP contribution is 2.29. The first kappa shape index (κ1) is 16.9. The summed E-state index contributed by atoms with van der Waals surface area (Å²) in [6, 6.07) is 11.7. The normalized spacial score (nSPS) is 11.1. The standard InChI is InChI=1S/C17H16F3NO2/c1-23-15-7-2-4-12(10-15)8-9-21-16(22)13-5-3-6-14(11-13)17(18,19)20/h2-7,10-11H,8-9H2,1H3,(H,21,22). The third-order valence-corrected chi connectivity index (χ3v) is 3.29. The maximum Gasteiger partial charge on any atom is 0.416 e. The van der Waals surface area contributed by atoms with E-state index in [0.717, 1.165) is 17.7 Å². The largest absolute Gasteiger partial charge is 0.497 e. The van der Waals surface area contributed by atoms with E-state index in [2.05, 4.69) is 5.32 Å². The van der Waals surface area contributed by atoms with Crippen molar-refractivity contribution in [3.63, 3.8) is 0 Å². The Morgan fingerprint density at radius 2 is 1.87 bits per heavy atom. The van der Waals surface area contributed by atoms with Crippen molar-refractivity contribution in [3.8, 4) is 5.75 Å². The molecule has 3 nitrogen and oxygen atoms in total. The van der Waals surface area contributed by atoms with Gasteiger partial charge in [-0.1, -0.05) is 18.2 Å². The molecule has 0 bridgehead atoms. The van der Waals surface area contributed by atoms with E-state index >= 15 is 0 Å². The monoisotopic (exact) mass is 323 g/mol. The lowest BCUT2D eigenvalue weighted by atomic mass is 10.1. The molecule has 6 heteroatoms.